The van der Waals surface area contributed by atoms with Gasteiger partial charge in [-0.3, -0.25) is 19.5 Å². The molecule has 10 heteroatoms. The van der Waals surface area contributed by atoms with E-state index in [-0.39, 0.29) is 11.5 Å². The van der Waals surface area contributed by atoms with Crippen LogP contribution >= 0.6 is 22.7 Å². The molecule has 1 amide bonds. The van der Waals surface area contributed by atoms with Crippen molar-refractivity contribution in [2.24, 2.45) is 0 Å². The Kier molecular flexibility index (Phi) is 4.95. The minimum absolute atomic E-state index is 0.129. The number of carbonyl (C=O) groups excluding carboxylic acids is 1. The summed E-state index contributed by atoms with van der Waals surface area (Å²) in [4.78, 5) is 35.4. The van der Waals surface area contributed by atoms with Crippen molar-refractivity contribution in [3.63, 3.8) is 0 Å². The van der Waals surface area contributed by atoms with Crippen LogP contribution in [0.15, 0.2) is 34.7 Å². The van der Waals surface area contributed by atoms with Gasteiger partial charge in [-0.15, -0.1) is 22.7 Å². The Morgan fingerprint density at radius 3 is 2.87 bits per heavy atom. The molecule has 8 nitrogen and oxygen atoms in total. The van der Waals surface area contributed by atoms with Gasteiger partial charge in [-0.2, -0.15) is 0 Å². The lowest BCUT2D eigenvalue weighted by atomic mass is 10.1. The van der Waals surface area contributed by atoms with Crippen LogP contribution in [0.2, 0.25) is 0 Å². The van der Waals surface area contributed by atoms with Crippen molar-refractivity contribution in [1.82, 2.24) is 14.5 Å². The molecule has 0 aliphatic carbocycles. The molecule has 1 aliphatic heterocycles. The molecule has 1 aromatic carbocycles. The summed E-state index contributed by atoms with van der Waals surface area (Å²) in [5.41, 5.74) is 2.12. The second-order valence-electron chi connectivity index (χ2n) is 6.92. The predicted molar refractivity (Wildman–Crippen MR) is 121 cm³/mol. The second-order valence-corrected chi connectivity index (χ2v) is 8.78. The normalized spacial score (nSPS) is 12.8. The van der Waals surface area contributed by atoms with E-state index in [1.54, 1.807) is 6.92 Å². The number of amides is 1. The van der Waals surface area contributed by atoms with Crippen LogP contribution < -0.4 is 20.3 Å². The van der Waals surface area contributed by atoms with Crippen LogP contribution in [0.5, 0.6) is 11.5 Å². The molecule has 0 spiro atoms. The summed E-state index contributed by atoms with van der Waals surface area (Å²) in [6.07, 6.45) is 1.52. The van der Waals surface area contributed by atoms with Crippen molar-refractivity contribution in [3.8, 4) is 22.8 Å². The van der Waals surface area contributed by atoms with Crippen LogP contribution in [0, 0.1) is 6.92 Å². The molecule has 0 unspecified atom stereocenters. The first kappa shape index (κ1) is 19.7. The lowest BCUT2D eigenvalue weighted by Crippen LogP contribution is -2.19. The van der Waals surface area contributed by atoms with Crippen LogP contribution in [0.3, 0.4) is 0 Å². The maximum atomic E-state index is 12.9. The van der Waals surface area contributed by atoms with Gasteiger partial charge in [-0.25, -0.2) is 9.97 Å². The molecule has 0 radical (unpaired) electrons. The Balaban J connectivity index is 1.41. The quantitative estimate of drug-likeness (QED) is 0.502. The maximum absolute atomic E-state index is 12.9. The van der Waals surface area contributed by atoms with Gasteiger partial charge in [-0.05, 0) is 37.6 Å². The SMILES string of the molecule is CCn1cnc2sc(C(=O)Nc3nc(-c4ccc5c(c4)OCCO5)cs3)c(C)c2c1=O. The number of benzene rings is 1. The third-order valence-corrected chi connectivity index (χ3v) is 6.98. The Morgan fingerprint density at radius 2 is 2.06 bits per heavy atom. The van der Waals surface area contributed by atoms with Crippen LogP contribution in [-0.4, -0.2) is 33.7 Å². The van der Waals surface area contributed by atoms with Crippen molar-refractivity contribution in [1.29, 1.82) is 0 Å². The van der Waals surface area contributed by atoms with Crippen LogP contribution in [0.4, 0.5) is 5.13 Å². The number of ether oxygens (including phenoxy) is 2. The third-order valence-electron chi connectivity index (χ3n) is 5.03. The Morgan fingerprint density at radius 1 is 1.26 bits per heavy atom. The first-order valence-corrected chi connectivity index (χ1v) is 11.4. The second kappa shape index (κ2) is 7.78. The van der Waals surface area contributed by atoms with Crippen molar-refractivity contribution in [2.45, 2.75) is 20.4 Å². The molecule has 5 rings (SSSR count). The van der Waals surface area contributed by atoms with E-state index in [1.165, 1.54) is 33.6 Å². The van der Waals surface area contributed by atoms with Crippen molar-refractivity contribution < 1.29 is 14.3 Å². The zero-order valence-corrected chi connectivity index (χ0v) is 18.4. The van der Waals surface area contributed by atoms with Crippen LogP contribution in [-0.2, 0) is 6.54 Å². The molecule has 158 valence electrons. The molecule has 0 saturated heterocycles. The summed E-state index contributed by atoms with van der Waals surface area (Å²) in [6.45, 7) is 5.24. The number of aromatic nitrogens is 3. The van der Waals surface area contributed by atoms with Gasteiger partial charge in [0, 0.05) is 17.5 Å². The van der Waals surface area contributed by atoms with Gasteiger partial charge in [-0.1, -0.05) is 0 Å². The number of hydrogen-bond donors (Lipinski definition) is 1. The number of rotatable bonds is 4. The molecular weight excluding hydrogens is 436 g/mol. The summed E-state index contributed by atoms with van der Waals surface area (Å²) in [7, 11) is 0. The predicted octanol–water partition coefficient (Wildman–Crippen LogP) is 3.93. The number of carbonyl (C=O) groups is 1. The highest BCUT2D eigenvalue weighted by Gasteiger charge is 2.21. The zero-order valence-electron chi connectivity index (χ0n) is 16.8. The lowest BCUT2D eigenvalue weighted by Gasteiger charge is -2.18. The van der Waals surface area contributed by atoms with Gasteiger partial charge in [0.2, 0.25) is 0 Å². The Bertz CT molecular complexity index is 1370. The number of thiophene rings is 1. The number of nitrogens with one attached hydrogen (secondary N) is 1. The van der Waals surface area contributed by atoms with Crippen molar-refractivity contribution in [3.05, 3.63) is 50.7 Å². The number of nitrogens with zero attached hydrogens (tertiary/aromatic N) is 3. The molecule has 31 heavy (non-hydrogen) atoms. The molecule has 0 atom stereocenters. The maximum Gasteiger partial charge on any atom is 0.267 e. The monoisotopic (exact) mass is 454 g/mol. The summed E-state index contributed by atoms with van der Waals surface area (Å²) in [5, 5.41) is 5.70. The molecule has 3 aromatic heterocycles. The highest BCUT2D eigenvalue weighted by molar-refractivity contribution is 7.21. The number of hydrogen-bond acceptors (Lipinski definition) is 8. The van der Waals surface area contributed by atoms with E-state index in [0.717, 1.165) is 17.0 Å². The smallest absolute Gasteiger partial charge is 0.267 e. The highest BCUT2D eigenvalue weighted by Crippen LogP contribution is 2.35. The number of thiazole rings is 1. The molecular formula is C21H18N4O4S2. The van der Waals surface area contributed by atoms with Gasteiger partial charge >= 0.3 is 0 Å². The van der Waals surface area contributed by atoms with Crippen LogP contribution in [0.25, 0.3) is 21.5 Å². The minimum atomic E-state index is -0.300. The van der Waals surface area contributed by atoms with E-state index in [2.05, 4.69) is 15.3 Å². The molecule has 4 aromatic rings. The van der Waals surface area contributed by atoms with E-state index in [4.69, 9.17) is 9.47 Å². The first-order valence-electron chi connectivity index (χ1n) is 9.70. The first-order chi connectivity index (χ1) is 15.0. The number of fused-ring (bicyclic) bond motifs is 2. The molecule has 0 fully saturated rings. The molecule has 0 saturated carbocycles. The fraction of sp³-hybridized carbons (Fsp3) is 0.238. The van der Waals surface area contributed by atoms with E-state index in [1.807, 2.05) is 30.5 Å². The molecule has 4 heterocycles. The number of anilines is 1. The van der Waals surface area contributed by atoms with Crippen molar-refractivity contribution >= 4 is 43.9 Å². The average molecular weight is 455 g/mol. The van der Waals surface area contributed by atoms with Gasteiger partial charge in [0.25, 0.3) is 11.5 Å². The summed E-state index contributed by atoms with van der Waals surface area (Å²) in [6, 6.07) is 5.66. The van der Waals surface area contributed by atoms with Gasteiger partial charge in [0.05, 0.1) is 22.3 Å². The van der Waals surface area contributed by atoms with E-state index < -0.39 is 0 Å². The highest BCUT2D eigenvalue weighted by atomic mass is 32.1. The molecule has 1 N–H and O–H groups in total. The van der Waals surface area contributed by atoms with Crippen molar-refractivity contribution in [2.75, 3.05) is 18.5 Å². The fourth-order valence-corrected chi connectivity index (χ4v) is 5.17. The fourth-order valence-electron chi connectivity index (χ4n) is 3.42. The van der Waals surface area contributed by atoms with E-state index in [9.17, 15) is 9.59 Å². The minimum Gasteiger partial charge on any atom is -0.486 e. The van der Waals surface area contributed by atoms with Crippen LogP contribution in [0.1, 0.15) is 22.2 Å². The molecule has 1 aliphatic rings. The van der Waals surface area contributed by atoms with Gasteiger partial charge in [0.15, 0.2) is 16.6 Å². The number of aryl methyl sites for hydroxylation is 2. The summed E-state index contributed by atoms with van der Waals surface area (Å²) in [5.74, 6) is 1.11. The topological polar surface area (TPSA) is 95.3 Å². The van der Waals surface area contributed by atoms with Gasteiger partial charge < -0.3 is 9.47 Å². The lowest BCUT2D eigenvalue weighted by molar-refractivity contribution is 0.103. The van der Waals surface area contributed by atoms with E-state index in [0.29, 0.717) is 51.3 Å². The standard InChI is InChI=1S/C21H18N4O4S2/c1-3-25-10-22-19-16(20(25)27)11(2)17(31-19)18(26)24-21-23-13(9-30-21)12-4-5-14-15(8-12)29-7-6-28-14/h4-5,8-10H,3,6-7H2,1-2H3,(H,23,24,26). The Hall–Kier alpha value is -3.24. The van der Waals surface area contributed by atoms with E-state index >= 15 is 0 Å². The third kappa shape index (κ3) is 3.47. The average Bonchev–Trinajstić information content (AvgIpc) is 3.38. The largest absolute Gasteiger partial charge is 0.486 e. The summed E-state index contributed by atoms with van der Waals surface area (Å²) >= 11 is 2.55. The molecule has 0 bridgehead atoms. The zero-order chi connectivity index (χ0) is 21.5. The summed E-state index contributed by atoms with van der Waals surface area (Å²) < 4.78 is 12.7. The Labute approximate surface area is 185 Å². The van der Waals surface area contributed by atoms with Gasteiger partial charge in [0.1, 0.15) is 18.0 Å².